The van der Waals surface area contributed by atoms with Crippen LogP contribution in [0.15, 0.2) is 0 Å². The summed E-state index contributed by atoms with van der Waals surface area (Å²) in [6, 6.07) is 0.0102. The van der Waals surface area contributed by atoms with E-state index in [-0.39, 0.29) is 19.1 Å². The quantitative estimate of drug-likeness (QED) is 0.647. The fourth-order valence-corrected chi connectivity index (χ4v) is 1.34. The molecule has 0 aromatic heterocycles. The van der Waals surface area contributed by atoms with Gasteiger partial charge in [-0.15, -0.1) is 0 Å². The molecular formula is C8H15FN2O. The summed E-state index contributed by atoms with van der Waals surface area (Å²) < 4.78 is 13.5. The van der Waals surface area contributed by atoms with Crippen molar-refractivity contribution in [3.8, 4) is 0 Å². The van der Waals surface area contributed by atoms with Crippen LogP contribution in [0.3, 0.4) is 0 Å². The first-order valence-corrected chi connectivity index (χ1v) is 4.12. The van der Waals surface area contributed by atoms with Gasteiger partial charge in [0.15, 0.2) is 0 Å². The smallest absolute Gasteiger partial charge is 0.260 e. The summed E-state index contributed by atoms with van der Waals surface area (Å²) in [6.07, 6.45) is 0. The van der Waals surface area contributed by atoms with Crippen molar-refractivity contribution in [2.45, 2.75) is 25.6 Å². The predicted octanol–water partition coefficient (Wildman–Crippen LogP) is 0.165. The van der Waals surface area contributed by atoms with E-state index in [1.165, 1.54) is 0 Å². The molecule has 1 saturated heterocycles. The first kappa shape index (κ1) is 9.45. The Bertz CT molecular complexity index is 187. The molecule has 4 heteroatoms. The molecular weight excluding hydrogens is 159 g/mol. The minimum Gasteiger partial charge on any atom is -0.351 e. The van der Waals surface area contributed by atoms with E-state index in [4.69, 9.17) is 0 Å². The molecule has 1 fully saturated rings. The summed E-state index contributed by atoms with van der Waals surface area (Å²) in [4.78, 5) is 13.0. The van der Waals surface area contributed by atoms with Gasteiger partial charge in [-0.05, 0) is 20.9 Å². The maximum absolute atomic E-state index is 13.5. The Morgan fingerprint density at radius 1 is 1.58 bits per heavy atom. The van der Waals surface area contributed by atoms with Crippen LogP contribution in [0.25, 0.3) is 0 Å². The number of alkyl halides is 1. The zero-order valence-corrected chi connectivity index (χ0v) is 7.72. The summed E-state index contributed by atoms with van der Waals surface area (Å²) >= 11 is 0. The van der Waals surface area contributed by atoms with Crippen molar-refractivity contribution in [3.05, 3.63) is 0 Å². The molecule has 1 aliphatic rings. The van der Waals surface area contributed by atoms with Gasteiger partial charge < -0.3 is 5.32 Å². The third-order valence-electron chi connectivity index (χ3n) is 1.87. The average Bonchev–Trinajstić information content (AvgIpc) is 1.82. The minimum atomic E-state index is -1.64. The van der Waals surface area contributed by atoms with Gasteiger partial charge in [0.2, 0.25) is 5.67 Å². The lowest BCUT2D eigenvalue weighted by atomic mass is 9.96. The molecule has 0 bridgehead atoms. The lowest BCUT2D eigenvalue weighted by molar-refractivity contribution is -0.144. The molecule has 70 valence electrons. The molecule has 1 aliphatic heterocycles. The Balaban J connectivity index is 2.42. The number of hydrogen-bond acceptors (Lipinski definition) is 2. The Kier molecular flexibility index (Phi) is 2.37. The van der Waals surface area contributed by atoms with Crippen molar-refractivity contribution in [3.63, 3.8) is 0 Å². The van der Waals surface area contributed by atoms with Gasteiger partial charge in [-0.1, -0.05) is 0 Å². The first-order valence-electron chi connectivity index (χ1n) is 4.12. The standard InChI is InChI=1S/C8H15FN2O/c1-6(2)10-7(12)8(9)4-11(3)5-8/h6H,4-5H2,1-3H3,(H,10,12). The Labute approximate surface area is 71.9 Å². The summed E-state index contributed by atoms with van der Waals surface area (Å²) in [6.45, 7) is 4.07. The highest BCUT2D eigenvalue weighted by molar-refractivity contribution is 5.86. The van der Waals surface area contributed by atoms with Crippen LogP contribution in [0.5, 0.6) is 0 Å². The summed E-state index contributed by atoms with van der Waals surface area (Å²) in [7, 11) is 1.79. The number of rotatable bonds is 2. The fourth-order valence-electron chi connectivity index (χ4n) is 1.34. The van der Waals surface area contributed by atoms with Crippen molar-refractivity contribution < 1.29 is 9.18 Å². The van der Waals surface area contributed by atoms with E-state index in [0.717, 1.165) is 0 Å². The molecule has 1 N–H and O–H groups in total. The van der Waals surface area contributed by atoms with Crippen LogP contribution in [0.1, 0.15) is 13.8 Å². The summed E-state index contributed by atoms with van der Waals surface area (Å²) in [5.41, 5.74) is -1.64. The minimum absolute atomic E-state index is 0.0102. The van der Waals surface area contributed by atoms with Crippen LogP contribution in [0, 0.1) is 0 Å². The van der Waals surface area contributed by atoms with Crippen molar-refractivity contribution in [2.24, 2.45) is 0 Å². The lowest BCUT2D eigenvalue weighted by Gasteiger charge is -2.40. The highest BCUT2D eigenvalue weighted by Gasteiger charge is 2.48. The molecule has 0 spiro atoms. The van der Waals surface area contributed by atoms with Crippen LogP contribution in [0.4, 0.5) is 4.39 Å². The summed E-state index contributed by atoms with van der Waals surface area (Å²) in [5.74, 6) is -0.476. The molecule has 1 heterocycles. The maximum Gasteiger partial charge on any atom is 0.260 e. The number of nitrogens with one attached hydrogen (secondary N) is 1. The zero-order valence-electron chi connectivity index (χ0n) is 7.72. The molecule has 0 atom stereocenters. The topological polar surface area (TPSA) is 32.3 Å². The molecule has 1 amide bonds. The molecule has 0 aromatic carbocycles. The molecule has 3 nitrogen and oxygen atoms in total. The second-order valence-corrected chi connectivity index (χ2v) is 3.77. The van der Waals surface area contributed by atoms with Crippen molar-refractivity contribution in [1.82, 2.24) is 10.2 Å². The van der Waals surface area contributed by atoms with Crippen LogP contribution < -0.4 is 5.32 Å². The van der Waals surface area contributed by atoms with Gasteiger partial charge in [0.1, 0.15) is 0 Å². The molecule has 1 rings (SSSR count). The molecule has 0 radical (unpaired) electrons. The van der Waals surface area contributed by atoms with Crippen LogP contribution in [0.2, 0.25) is 0 Å². The van der Waals surface area contributed by atoms with Gasteiger partial charge in [0.25, 0.3) is 5.91 Å². The molecule has 0 aromatic rings. The average molecular weight is 174 g/mol. The fraction of sp³-hybridized carbons (Fsp3) is 0.875. The first-order chi connectivity index (χ1) is 5.44. The van der Waals surface area contributed by atoms with E-state index >= 15 is 0 Å². The molecule has 12 heavy (non-hydrogen) atoms. The zero-order chi connectivity index (χ0) is 9.35. The number of nitrogens with zero attached hydrogens (tertiary/aromatic N) is 1. The SMILES string of the molecule is CC(C)NC(=O)C1(F)CN(C)C1. The Morgan fingerprint density at radius 2 is 2.08 bits per heavy atom. The van der Waals surface area contributed by atoms with Crippen molar-refractivity contribution in [2.75, 3.05) is 20.1 Å². The van der Waals surface area contributed by atoms with E-state index < -0.39 is 11.6 Å². The largest absolute Gasteiger partial charge is 0.351 e. The van der Waals surface area contributed by atoms with Crippen molar-refractivity contribution >= 4 is 5.91 Å². The number of halogens is 1. The van der Waals surface area contributed by atoms with Gasteiger partial charge in [-0.3, -0.25) is 9.69 Å². The highest BCUT2D eigenvalue weighted by atomic mass is 19.1. The van der Waals surface area contributed by atoms with Gasteiger partial charge in [0.05, 0.1) is 0 Å². The van der Waals surface area contributed by atoms with Crippen LogP contribution >= 0.6 is 0 Å². The third kappa shape index (κ3) is 1.75. The number of carbonyl (C=O) groups is 1. The lowest BCUT2D eigenvalue weighted by Crippen LogP contribution is -2.65. The normalized spacial score (nSPS) is 22.1. The molecule has 0 unspecified atom stereocenters. The third-order valence-corrected chi connectivity index (χ3v) is 1.87. The van der Waals surface area contributed by atoms with Crippen LogP contribution in [-0.4, -0.2) is 42.7 Å². The highest BCUT2D eigenvalue weighted by Crippen LogP contribution is 2.23. The molecule has 0 saturated carbocycles. The van der Waals surface area contributed by atoms with Gasteiger partial charge in [-0.2, -0.15) is 0 Å². The van der Waals surface area contributed by atoms with E-state index in [9.17, 15) is 9.18 Å². The van der Waals surface area contributed by atoms with Gasteiger partial charge >= 0.3 is 0 Å². The predicted molar refractivity (Wildman–Crippen MR) is 44.6 cm³/mol. The molecule has 0 aliphatic carbocycles. The number of carbonyl (C=O) groups excluding carboxylic acids is 1. The Hall–Kier alpha value is -0.640. The monoisotopic (exact) mass is 174 g/mol. The number of hydrogen-bond donors (Lipinski definition) is 1. The second-order valence-electron chi connectivity index (χ2n) is 3.77. The van der Waals surface area contributed by atoms with Crippen molar-refractivity contribution in [1.29, 1.82) is 0 Å². The van der Waals surface area contributed by atoms with Crippen LogP contribution in [-0.2, 0) is 4.79 Å². The maximum atomic E-state index is 13.5. The number of amides is 1. The van der Waals surface area contributed by atoms with E-state index in [1.54, 1.807) is 11.9 Å². The summed E-state index contributed by atoms with van der Waals surface area (Å²) in [5, 5.41) is 2.57. The Morgan fingerprint density at radius 3 is 2.42 bits per heavy atom. The van der Waals surface area contributed by atoms with Gasteiger partial charge in [0, 0.05) is 19.1 Å². The van der Waals surface area contributed by atoms with E-state index in [2.05, 4.69) is 5.32 Å². The second kappa shape index (κ2) is 3.01. The van der Waals surface area contributed by atoms with Gasteiger partial charge in [-0.25, -0.2) is 4.39 Å². The van der Waals surface area contributed by atoms with E-state index in [0.29, 0.717) is 0 Å². The van der Waals surface area contributed by atoms with E-state index in [1.807, 2.05) is 13.8 Å². The number of likely N-dealkylation sites (tertiary alicyclic amines) is 1.